The molecule has 0 aromatic carbocycles. The van der Waals surface area contributed by atoms with Gasteiger partial charge in [0.15, 0.2) is 0 Å². The van der Waals surface area contributed by atoms with Crippen LogP contribution in [0.4, 0.5) is 0 Å². The van der Waals surface area contributed by atoms with Gasteiger partial charge in [0.25, 0.3) is 0 Å². The molecule has 0 saturated carbocycles. The molecule has 0 aliphatic carbocycles. The Hall–Kier alpha value is -1.14. The van der Waals surface area contributed by atoms with Crippen molar-refractivity contribution in [1.82, 2.24) is 9.80 Å². The zero-order valence-electron chi connectivity index (χ0n) is 9.56. The third-order valence-electron chi connectivity index (χ3n) is 2.00. The van der Waals surface area contributed by atoms with Gasteiger partial charge in [-0.15, -0.1) is 0 Å². The summed E-state index contributed by atoms with van der Waals surface area (Å²) < 4.78 is 0. The molecule has 0 heterocycles. The van der Waals surface area contributed by atoms with Gasteiger partial charge in [0.1, 0.15) is 0 Å². The first-order valence-corrected chi connectivity index (χ1v) is 4.78. The Kier molecular flexibility index (Phi) is 5.88. The van der Waals surface area contributed by atoms with Crippen LogP contribution in [0.15, 0.2) is 0 Å². The molecule has 2 amide bonds. The van der Waals surface area contributed by atoms with E-state index in [9.17, 15) is 9.59 Å². The summed E-state index contributed by atoms with van der Waals surface area (Å²) >= 11 is 0. The minimum absolute atomic E-state index is 0.106. The molecule has 0 rings (SSSR count). The maximum absolute atomic E-state index is 11.6. The zero-order chi connectivity index (χ0) is 12.0. The largest absolute Gasteiger partial charge is 0.370 e. The van der Waals surface area contributed by atoms with E-state index in [1.54, 1.807) is 7.05 Å². The number of primary amides is 1. The third-order valence-corrected chi connectivity index (χ3v) is 2.00. The summed E-state index contributed by atoms with van der Waals surface area (Å²) in [4.78, 5) is 25.6. The number of carbonyl (C=O) groups is 2. The highest BCUT2D eigenvalue weighted by Crippen LogP contribution is 1.94. The fraction of sp³-hybridized carbons (Fsp3) is 0.778. The van der Waals surface area contributed by atoms with Crippen molar-refractivity contribution in [2.24, 2.45) is 11.5 Å². The van der Waals surface area contributed by atoms with Crippen LogP contribution >= 0.6 is 0 Å². The van der Waals surface area contributed by atoms with E-state index in [2.05, 4.69) is 0 Å². The first-order chi connectivity index (χ1) is 6.84. The van der Waals surface area contributed by atoms with Crippen molar-refractivity contribution in [3.05, 3.63) is 0 Å². The molecule has 1 unspecified atom stereocenters. The number of likely N-dealkylation sites (N-methyl/N-ethyl adjacent to an activating group) is 2. The molecule has 1 atom stereocenters. The lowest BCUT2D eigenvalue weighted by Gasteiger charge is -2.22. The van der Waals surface area contributed by atoms with Gasteiger partial charge < -0.3 is 21.3 Å². The van der Waals surface area contributed by atoms with Gasteiger partial charge in [-0.2, -0.15) is 0 Å². The third kappa shape index (κ3) is 6.03. The lowest BCUT2D eigenvalue weighted by molar-refractivity contribution is -0.133. The van der Waals surface area contributed by atoms with Crippen LogP contribution in [0.1, 0.15) is 6.42 Å². The SMILES string of the molecule is CN(C)CCN(C)C(=O)C(N)CC(N)=O. The average Bonchev–Trinajstić information content (AvgIpc) is 2.11. The Morgan fingerprint density at radius 2 is 1.73 bits per heavy atom. The van der Waals surface area contributed by atoms with Gasteiger partial charge in [-0.05, 0) is 14.1 Å². The van der Waals surface area contributed by atoms with Crippen LogP contribution in [0.25, 0.3) is 0 Å². The molecule has 0 aliphatic rings. The van der Waals surface area contributed by atoms with E-state index in [0.29, 0.717) is 6.54 Å². The fourth-order valence-electron chi connectivity index (χ4n) is 1.05. The maximum atomic E-state index is 11.6. The van der Waals surface area contributed by atoms with Gasteiger partial charge in [-0.1, -0.05) is 0 Å². The number of carbonyl (C=O) groups excluding carboxylic acids is 2. The number of amides is 2. The van der Waals surface area contributed by atoms with E-state index >= 15 is 0 Å². The topological polar surface area (TPSA) is 92.7 Å². The van der Waals surface area contributed by atoms with Crippen LogP contribution in [-0.2, 0) is 9.59 Å². The van der Waals surface area contributed by atoms with Crippen LogP contribution in [0.2, 0.25) is 0 Å². The minimum atomic E-state index is -0.824. The van der Waals surface area contributed by atoms with Gasteiger partial charge in [0.05, 0.1) is 12.5 Å². The highest BCUT2D eigenvalue weighted by atomic mass is 16.2. The second kappa shape index (κ2) is 6.36. The van der Waals surface area contributed by atoms with Crippen molar-refractivity contribution >= 4 is 11.8 Å². The molecular formula is C9H20N4O2. The minimum Gasteiger partial charge on any atom is -0.370 e. The molecule has 88 valence electrons. The Morgan fingerprint density at radius 3 is 2.13 bits per heavy atom. The van der Waals surface area contributed by atoms with Crippen molar-refractivity contribution < 1.29 is 9.59 Å². The van der Waals surface area contributed by atoms with Crippen LogP contribution in [-0.4, -0.2) is 61.9 Å². The van der Waals surface area contributed by atoms with Crippen LogP contribution in [0, 0.1) is 0 Å². The zero-order valence-corrected chi connectivity index (χ0v) is 9.56. The van der Waals surface area contributed by atoms with E-state index in [1.807, 2.05) is 19.0 Å². The molecule has 4 N–H and O–H groups in total. The normalized spacial score (nSPS) is 12.6. The van der Waals surface area contributed by atoms with E-state index < -0.39 is 11.9 Å². The predicted molar refractivity (Wildman–Crippen MR) is 58.0 cm³/mol. The van der Waals surface area contributed by atoms with Crippen molar-refractivity contribution in [2.45, 2.75) is 12.5 Å². The molecule has 0 bridgehead atoms. The molecule has 6 nitrogen and oxygen atoms in total. The van der Waals surface area contributed by atoms with Gasteiger partial charge in [-0.25, -0.2) is 0 Å². The molecule has 0 aliphatic heterocycles. The first kappa shape index (κ1) is 13.9. The molecule has 0 saturated heterocycles. The quantitative estimate of drug-likeness (QED) is 0.548. The number of hydrogen-bond acceptors (Lipinski definition) is 4. The number of nitrogens with zero attached hydrogens (tertiary/aromatic N) is 2. The first-order valence-electron chi connectivity index (χ1n) is 4.78. The van der Waals surface area contributed by atoms with Crippen molar-refractivity contribution in [1.29, 1.82) is 0 Å². The van der Waals surface area contributed by atoms with E-state index in [1.165, 1.54) is 4.90 Å². The van der Waals surface area contributed by atoms with Gasteiger partial charge in [0.2, 0.25) is 11.8 Å². The summed E-state index contributed by atoms with van der Waals surface area (Å²) in [5, 5.41) is 0. The summed E-state index contributed by atoms with van der Waals surface area (Å²) in [6, 6.07) is -0.824. The average molecular weight is 216 g/mol. The molecule has 0 radical (unpaired) electrons. The van der Waals surface area contributed by atoms with Gasteiger partial charge in [-0.3, -0.25) is 9.59 Å². The molecular weight excluding hydrogens is 196 g/mol. The summed E-state index contributed by atoms with van der Waals surface area (Å²) in [7, 11) is 5.50. The Balaban J connectivity index is 4.01. The van der Waals surface area contributed by atoms with Crippen LogP contribution in [0.3, 0.4) is 0 Å². The van der Waals surface area contributed by atoms with Crippen molar-refractivity contribution in [3.63, 3.8) is 0 Å². The lowest BCUT2D eigenvalue weighted by Crippen LogP contribution is -2.45. The van der Waals surface area contributed by atoms with E-state index in [-0.39, 0.29) is 12.3 Å². The smallest absolute Gasteiger partial charge is 0.239 e. The summed E-state index contributed by atoms with van der Waals surface area (Å²) in [6.45, 7) is 1.34. The Bertz CT molecular complexity index is 230. The predicted octanol–water partition coefficient (Wildman–Crippen LogP) is -1.79. The summed E-state index contributed by atoms with van der Waals surface area (Å²) in [5.41, 5.74) is 10.5. The fourth-order valence-corrected chi connectivity index (χ4v) is 1.05. The highest BCUT2D eigenvalue weighted by molar-refractivity contribution is 5.87. The van der Waals surface area contributed by atoms with E-state index in [4.69, 9.17) is 11.5 Å². The van der Waals surface area contributed by atoms with E-state index in [0.717, 1.165) is 6.54 Å². The molecule has 6 heteroatoms. The second-order valence-corrected chi connectivity index (χ2v) is 3.84. The Morgan fingerprint density at radius 1 is 1.20 bits per heavy atom. The second-order valence-electron chi connectivity index (χ2n) is 3.84. The summed E-state index contributed by atoms with van der Waals surface area (Å²) in [6.07, 6.45) is -0.106. The van der Waals surface area contributed by atoms with Crippen molar-refractivity contribution in [2.75, 3.05) is 34.2 Å². The van der Waals surface area contributed by atoms with Gasteiger partial charge in [0, 0.05) is 20.1 Å². The molecule has 0 fully saturated rings. The number of hydrogen-bond donors (Lipinski definition) is 2. The summed E-state index contributed by atoms with van der Waals surface area (Å²) in [5.74, 6) is -0.812. The molecule has 15 heavy (non-hydrogen) atoms. The van der Waals surface area contributed by atoms with Crippen LogP contribution < -0.4 is 11.5 Å². The highest BCUT2D eigenvalue weighted by Gasteiger charge is 2.19. The molecule has 0 aromatic heterocycles. The molecule has 0 aromatic rings. The van der Waals surface area contributed by atoms with Crippen molar-refractivity contribution in [3.8, 4) is 0 Å². The molecule has 0 spiro atoms. The Labute approximate surface area is 90.2 Å². The number of rotatable bonds is 6. The number of nitrogens with two attached hydrogens (primary N) is 2. The standard InChI is InChI=1S/C9H20N4O2/c1-12(2)4-5-13(3)9(15)7(10)6-8(11)14/h7H,4-6,10H2,1-3H3,(H2,11,14). The monoisotopic (exact) mass is 216 g/mol. The lowest BCUT2D eigenvalue weighted by atomic mass is 10.2. The maximum Gasteiger partial charge on any atom is 0.239 e. The van der Waals surface area contributed by atoms with Crippen LogP contribution in [0.5, 0.6) is 0 Å². The van der Waals surface area contributed by atoms with Gasteiger partial charge >= 0.3 is 0 Å².